The number of halogens is 1. The normalized spacial score (nSPS) is 10.5. The molecule has 1 heterocycles. The number of fused-ring (bicyclic) bond motifs is 1. The predicted octanol–water partition coefficient (Wildman–Crippen LogP) is 3.82. The largest absolute Gasteiger partial charge is 0.348 e. The molecule has 0 aliphatic carbocycles. The fourth-order valence-corrected chi connectivity index (χ4v) is 2.43. The molecule has 4 heteroatoms. The lowest BCUT2D eigenvalue weighted by molar-refractivity contribution is 0.0952. The molecule has 2 aromatic carbocycles. The van der Waals surface area contributed by atoms with Crippen molar-refractivity contribution in [3.05, 3.63) is 77.1 Å². The summed E-state index contributed by atoms with van der Waals surface area (Å²) in [6.07, 6.45) is 1.52. The highest BCUT2D eigenvalue weighted by Gasteiger charge is 2.12. The van der Waals surface area contributed by atoms with Gasteiger partial charge in [-0.25, -0.2) is 4.98 Å². The Balaban J connectivity index is 1.87. The summed E-state index contributed by atoms with van der Waals surface area (Å²) in [7, 11) is 0. The van der Waals surface area contributed by atoms with Crippen LogP contribution in [-0.4, -0.2) is 10.9 Å². The van der Waals surface area contributed by atoms with Crippen LogP contribution in [0.3, 0.4) is 0 Å². The van der Waals surface area contributed by atoms with Crippen molar-refractivity contribution in [1.29, 1.82) is 0 Å². The van der Waals surface area contributed by atoms with Crippen LogP contribution in [0.2, 0.25) is 5.15 Å². The molecule has 1 aromatic heterocycles. The van der Waals surface area contributed by atoms with Gasteiger partial charge in [-0.2, -0.15) is 0 Å². The van der Waals surface area contributed by atoms with Crippen LogP contribution < -0.4 is 5.32 Å². The lowest BCUT2D eigenvalue weighted by Crippen LogP contribution is -2.23. The van der Waals surface area contributed by atoms with Crippen LogP contribution in [0.5, 0.6) is 0 Å². The molecule has 0 unspecified atom stereocenters. The van der Waals surface area contributed by atoms with Gasteiger partial charge in [0.25, 0.3) is 5.91 Å². The van der Waals surface area contributed by atoms with Gasteiger partial charge in [-0.3, -0.25) is 4.79 Å². The van der Waals surface area contributed by atoms with Crippen LogP contribution in [0.1, 0.15) is 15.9 Å². The molecule has 0 fully saturated rings. The number of amides is 1. The van der Waals surface area contributed by atoms with E-state index in [0.29, 0.717) is 17.3 Å². The van der Waals surface area contributed by atoms with E-state index in [-0.39, 0.29) is 5.91 Å². The van der Waals surface area contributed by atoms with E-state index in [1.807, 2.05) is 54.6 Å². The summed E-state index contributed by atoms with van der Waals surface area (Å²) in [6.45, 7) is 0.483. The van der Waals surface area contributed by atoms with Gasteiger partial charge in [0.1, 0.15) is 5.15 Å². The molecular formula is C17H13ClN2O. The standard InChI is InChI=1S/C17H13ClN2O/c18-16-14-9-5-4-8-13(14)15(11-19-16)17(21)20-10-12-6-2-1-3-7-12/h1-9,11H,10H2,(H,20,21). The fourth-order valence-electron chi connectivity index (χ4n) is 2.21. The van der Waals surface area contributed by atoms with E-state index in [4.69, 9.17) is 11.6 Å². The minimum absolute atomic E-state index is 0.154. The quantitative estimate of drug-likeness (QED) is 0.747. The molecule has 3 aromatic rings. The van der Waals surface area contributed by atoms with Gasteiger partial charge in [0.2, 0.25) is 0 Å². The Kier molecular flexibility index (Phi) is 3.84. The summed E-state index contributed by atoms with van der Waals surface area (Å²) in [4.78, 5) is 16.4. The second-order valence-corrected chi connectivity index (χ2v) is 5.03. The molecule has 0 saturated heterocycles. The van der Waals surface area contributed by atoms with E-state index in [1.165, 1.54) is 6.20 Å². The summed E-state index contributed by atoms with van der Waals surface area (Å²) in [5.41, 5.74) is 1.59. The average Bonchev–Trinajstić information content (AvgIpc) is 2.54. The van der Waals surface area contributed by atoms with Crippen LogP contribution in [0, 0.1) is 0 Å². The number of aromatic nitrogens is 1. The zero-order valence-corrected chi connectivity index (χ0v) is 12.0. The van der Waals surface area contributed by atoms with Crippen molar-refractivity contribution in [3.8, 4) is 0 Å². The van der Waals surface area contributed by atoms with Crippen LogP contribution in [0.25, 0.3) is 10.8 Å². The number of nitrogens with one attached hydrogen (secondary N) is 1. The second kappa shape index (κ2) is 5.94. The molecule has 0 saturated carbocycles. The molecule has 1 N–H and O–H groups in total. The van der Waals surface area contributed by atoms with Crippen molar-refractivity contribution < 1.29 is 4.79 Å². The molecule has 21 heavy (non-hydrogen) atoms. The maximum Gasteiger partial charge on any atom is 0.253 e. The Labute approximate surface area is 127 Å². The van der Waals surface area contributed by atoms with Gasteiger partial charge in [-0.05, 0) is 10.9 Å². The molecule has 104 valence electrons. The SMILES string of the molecule is O=C(NCc1ccccc1)c1cnc(Cl)c2ccccc12. The number of benzene rings is 2. The molecule has 1 amide bonds. The maximum atomic E-state index is 12.3. The highest BCUT2D eigenvalue weighted by atomic mass is 35.5. The first-order valence-electron chi connectivity index (χ1n) is 6.61. The van der Waals surface area contributed by atoms with Crippen molar-refractivity contribution in [1.82, 2.24) is 10.3 Å². The Hall–Kier alpha value is -2.39. The molecule has 0 spiro atoms. The van der Waals surface area contributed by atoms with Gasteiger partial charge in [0.15, 0.2) is 0 Å². The first kappa shape index (κ1) is 13.6. The van der Waals surface area contributed by atoms with Crippen molar-refractivity contribution >= 4 is 28.3 Å². The van der Waals surface area contributed by atoms with Crippen LogP contribution in [0.15, 0.2) is 60.8 Å². The van der Waals surface area contributed by atoms with Crippen molar-refractivity contribution in [2.45, 2.75) is 6.54 Å². The molecule has 0 radical (unpaired) electrons. The number of nitrogens with zero attached hydrogens (tertiary/aromatic N) is 1. The minimum atomic E-state index is -0.154. The molecule has 0 atom stereocenters. The zero-order chi connectivity index (χ0) is 14.7. The van der Waals surface area contributed by atoms with E-state index >= 15 is 0 Å². The van der Waals surface area contributed by atoms with Crippen LogP contribution in [0.4, 0.5) is 0 Å². The zero-order valence-electron chi connectivity index (χ0n) is 11.2. The molecule has 0 bridgehead atoms. The summed E-state index contributed by atoms with van der Waals surface area (Å²) in [5.74, 6) is -0.154. The predicted molar refractivity (Wildman–Crippen MR) is 84.4 cm³/mol. The highest BCUT2D eigenvalue weighted by Crippen LogP contribution is 2.24. The number of hydrogen-bond donors (Lipinski definition) is 1. The molecule has 3 nitrogen and oxygen atoms in total. The highest BCUT2D eigenvalue weighted by molar-refractivity contribution is 6.34. The van der Waals surface area contributed by atoms with Crippen molar-refractivity contribution in [2.75, 3.05) is 0 Å². The number of rotatable bonds is 3. The van der Waals surface area contributed by atoms with E-state index in [9.17, 15) is 4.79 Å². The number of carbonyl (C=O) groups is 1. The smallest absolute Gasteiger partial charge is 0.253 e. The maximum absolute atomic E-state index is 12.3. The Morgan fingerprint density at radius 2 is 1.67 bits per heavy atom. The van der Waals surface area contributed by atoms with Gasteiger partial charge in [0.05, 0.1) is 5.56 Å². The molecule has 0 aliphatic rings. The number of hydrogen-bond acceptors (Lipinski definition) is 2. The van der Waals surface area contributed by atoms with Gasteiger partial charge in [-0.1, -0.05) is 66.2 Å². The minimum Gasteiger partial charge on any atom is -0.348 e. The first-order chi connectivity index (χ1) is 10.3. The van der Waals surface area contributed by atoms with Crippen molar-refractivity contribution in [2.24, 2.45) is 0 Å². The summed E-state index contributed by atoms with van der Waals surface area (Å²) in [6, 6.07) is 17.3. The molecule has 3 rings (SSSR count). The topological polar surface area (TPSA) is 42.0 Å². The average molecular weight is 297 g/mol. The van der Waals surface area contributed by atoms with E-state index in [0.717, 1.165) is 16.3 Å². The summed E-state index contributed by atoms with van der Waals surface area (Å²) in [5, 5.41) is 4.90. The number of carbonyl (C=O) groups excluding carboxylic acids is 1. The third-order valence-corrected chi connectivity index (χ3v) is 3.59. The third kappa shape index (κ3) is 2.88. The second-order valence-electron chi connectivity index (χ2n) is 4.68. The Morgan fingerprint density at radius 3 is 2.43 bits per heavy atom. The van der Waals surface area contributed by atoms with Crippen LogP contribution >= 0.6 is 11.6 Å². The third-order valence-electron chi connectivity index (χ3n) is 3.29. The Morgan fingerprint density at radius 1 is 1.00 bits per heavy atom. The monoisotopic (exact) mass is 296 g/mol. The van der Waals surface area contributed by atoms with Gasteiger partial charge < -0.3 is 5.32 Å². The van der Waals surface area contributed by atoms with E-state index < -0.39 is 0 Å². The van der Waals surface area contributed by atoms with E-state index in [2.05, 4.69) is 10.3 Å². The fraction of sp³-hybridized carbons (Fsp3) is 0.0588. The molecule has 0 aliphatic heterocycles. The van der Waals surface area contributed by atoms with Gasteiger partial charge in [0, 0.05) is 18.1 Å². The lowest BCUT2D eigenvalue weighted by Gasteiger charge is -2.08. The summed E-state index contributed by atoms with van der Waals surface area (Å²) < 4.78 is 0. The number of pyridine rings is 1. The first-order valence-corrected chi connectivity index (χ1v) is 6.99. The van der Waals surface area contributed by atoms with Crippen LogP contribution in [-0.2, 0) is 6.54 Å². The van der Waals surface area contributed by atoms with Gasteiger partial charge in [-0.15, -0.1) is 0 Å². The summed E-state index contributed by atoms with van der Waals surface area (Å²) >= 11 is 6.06. The van der Waals surface area contributed by atoms with Gasteiger partial charge >= 0.3 is 0 Å². The van der Waals surface area contributed by atoms with E-state index in [1.54, 1.807) is 0 Å². The Bertz CT molecular complexity index is 787. The molecular weight excluding hydrogens is 284 g/mol. The van der Waals surface area contributed by atoms with Crippen molar-refractivity contribution in [3.63, 3.8) is 0 Å². The lowest BCUT2D eigenvalue weighted by atomic mass is 10.1.